The Bertz CT molecular complexity index is 1060. The first-order valence-electron chi connectivity index (χ1n) is 10.4. The Hall–Kier alpha value is -2.67. The molecule has 0 radical (unpaired) electrons. The molecule has 0 saturated heterocycles. The summed E-state index contributed by atoms with van der Waals surface area (Å²) in [7, 11) is 0. The Labute approximate surface area is 173 Å². The third-order valence-electron chi connectivity index (χ3n) is 5.79. The SMILES string of the molecule is O=C(Nc1nc2ccccc2n1C1CCCCC1)c1ccc(NC(=O)C2CC2)s1. The molecule has 0 spiro atoms. The summed E-state index contributed by atoms with van der Waals surface area (Å²) in [6, 6.07) is 12.0. The van der Waals surface area contributed by atoms with Gasteiger partial charge in [-0.05, 0) is 49.9 Å². The molecule has 2 N–H and O–H groups in total. The van der Waals surface area contributed by atoms with E-state index >= 15 is 0 Å². The van der Waals surface area contributed by atoms with E-state index in [0.29, 0.717) is 21.9 Å². The first-order chi connectivity index (χ1) is 14.2. The second kappa shape index (κ2) is 7.63. The van der Waals surface area contributed by atoms with Gasteiger partial charge >= 0.3 is 0 Å². The minimum atomic E-state index is -0.186. The largest absolute Gasteiger partial charge is 0.317 e. The molecule has 2 amide bonds. The average Bonchev–Trinajstić information content (AvgIpc) is 3.39. The third-order valence-corrected chi connectivity index (χ3v) is 6.78. The third kappa shape index (κ3) is 3.79. The molecule has 0 bridgehead atoms. The summed E-state index contributed by atoms with van der Waals surface area (Å²) in [5.41, 5.74) is 1.97. The van der Waals surface area contributed by atoms with Crippen LogP contribution in [0, 0.1) is 5.92 Å². The van der Waals surface area contributed by atoms with Crippen LogP contribution in [0.25, 0.3) is 11.0 Å². The van der Waals surface area contributed by atoms with Gasteiger partial charge in [-0.2, -0.15) is 0 Å². The molecule has 3 aromatic rings. The van der Waals surface area contributed by atoms with Gasteiger partial charge in [-0.1, -0.05) is 31.4 Å². The number of rotatable bonds is 5. The fraction of sp³-hybridized carbons (Fsp3) is 0.409. The van der Waals surface area contributed by atoms with Crippen LogP contribution in [0.4, 0.5) is 10.9 Å². The smallest absolute Gasteiger partial charge is 0.268 e. The van der Waals surface area contributed by atoms with Crippen molar-refractivity contribution in [3.05, 3.63) is 41.3 Å². The van der Waals surface area contributed by atoms with Crippen molar-refractivity contribution >= 4 is 45.1 Å². The molecule has 2 saturated carbocycles. The maximum absolute atomic E-state index is 12.9. The molecule has 2 aliphatic carbocycles. The molecule has 2 heterocycles. The van der Waals surface area contributed by atoms with E-state index in [1.54, 1.807) is 12.1 Å². The molecule has 0 aliphatic heterocycles. The summed E-state index contributed by atoms with van der Waals surface area (Å²) in [6.07, 6.45) is 7.83. The summed E-state index contributed by atoms with van der Waals surface area (Å²) < 4.78 is 2.20. The molecule has 7 heteroatoms. The highest BCUT2D eigenvalue weighted by Gasteiger charge is 2.30. The number of aromatic nitrogens is 2. The van der Waals surface area contributed by atoms with Crippen molar-refractivity contribution in [2.24, 2.45) is 5.92 Å². The Morgan fingerprint density at radius 1 is 0.966 bits per heavy atom. The Morgan fingerprint density at radius 2 is 1.76 bits per heavy atom. The highest BCUT2D eigenvalue weighted by molar-refractivity contribution is 7.18. The number of hydrogen-bond acceptors (Lipinski definition) is 4. The molecular formula is C22H24N4O2S. The standard InChI is InChI=1S/C22H24N4O2S/c27-20(14-10-11-14)24-19-13-12-18(29-19)21(28)25-22-23-16-8-4-5-9-17(16)26(22)15-6-2-1-3-7-15/h4-5,8-9,12-15H,1-3,6-7,10-11H2,(H,24,27)(H,23,25,28). The van der Waals surface area contributed by atoms with Crippen LogP contribution in [0.15, 0.2) is 36.4 Å². The number of amides is 2. The van der Waals surface area contributed by atoms with Crippen molar-refractivity contribution in [1.82, 2.24) is 9.55 Å². The zero-order valence-electron chi connectivity index (χ0n) is 16.2. The van der Waals surface area contributed by atoms with Crippen LogP contribution in [0.3, 0.4) is 0 Å². The summed E-state index contributed by atoms with van der Waals surface area (Å²) in [5.74, 6) is 0.622. The van der Waals surface area contributed by atoms with Gasteiger partial charge in [0, 0.05) is 12.0 Å². The van der Waals surface area contributed by atoms with E-state index in [4.69, 9.17) is 4.98 Å². The molecule has 0 unspecified atom stereocenters. The predicted molar refractivity (Wildman–Crippen MR) is 115 cm³/mol. The van der Waals surface area contributed by atoms with Gasteiger partial charge in [0.25, 0.3) is 5.91 Å². The maximum Gasteiger partial charge on any atom is 0.268 e. The number of para-hydroxylation sites is 2. The number of thiophene rings is 1. The second-order valence-corrected chi connectivity index (χ2v) is 9.05. The summed E-state index contributed by atoms with van der Waals surface area (Å²) in [5, 5.41) is 6.65. The molecule has 2 aromatic heterocycles. The Balaban J connectivity index is 1.39. The van der Waals surface area contributed by atoms with E-state index in [-0.39, 0.29) is 17.7 Å². The lowest BCUT2D eigenvalue weighted by atomic mass is 9.95. The van der Waals surface area contributed by atoms with Crippen LogP contribution in [-0.2, 0) is 4.79 Å². The van der Waals surface area contributed by atoms with Crippen molar-refractivity contribution < 1.29 is 9.59 Å². The van der Waals surface area contributed by atoms with E-state index in [0.717, 1.165) is 36.7 Å². The second-order valence-electron chi connectivity index (χ2n) is 7.97. The summed E-state index contributed by atoms with van der Waals surface area (Å²) in [6.45, 7) is 0. The normalized spacial score (nSPS) is 17.4. The van der Waals surface area contributed by atoms with Gasteiger partial charge in [0.1, 0.15) is 0 Å². The number of benzene rings is 1. The lowest BCUT2D eigenvalue weighted by molar-refractivity contribution is -0.117. The van der Waals surface area contributed by atoms with Gasteiger partial charge in [0.15, 0.2) is 0 Å². The number of carbonyl (C=O) groups is 2. The minimum Gasteiger partial charge on any atom is -0.317 e. The number of imidazole rings is 1. The van der Waals surface area contributed by atoms with Gasteiger partial charge < -0.3 is 9.88 Å². The Morgan fingerprint density at radius 3 is 2.55 bits per heavy atom. The lowest BCUT2D eigenvalue weighted by Crippen LogP contribution is -2.19. The minimum absolute atomic E-state index is 0.0536. The summed E-state index contributed by atoms with van der Waals surface area (Å²) in [4.78, 5) is 30.1. The van der Waals surface area contributed by atoms with Gasteiger partial charge in [-0.25, -0.2) is 4.98 Å². The highest BCUT2D eigenvalue weighted by Crippen LogP contribution is 2.35. The number of nitrogens with one attached hydrogen (secondary N) is 2. The van der Waals surface area contributed by atoms with Crippen LogP contribution in [0.5, 0.6) is 0 Å². The number of hydrogen-bond donors (Lipinski definition) is 2. The molecule has 2 fully saturated rings. The molecular weight excluding hydrogens is 384 g/mol. The Kier molecular flexibility index (Phi) is 4.83. The van der Waals surface area contributed by atoms with E-state index < -0.39 is 0 Å². The van der Waals surface area contributed by atoms with Crippen molar-refractivity contribution in [2.45, 2.75) is 51.0 Å². The molecule has 29 heavy (non-hydrogen) atoms. The van der Waals surface area contributed by atoms with E-state index in [1.165, 1.54) is 30.6 Å². The monoisotopic (exact) mass is 408 g/mol. The van der Waals surface area contributed by atoms with Crippen molar-refractivity contribution in [3.63, 3.8) is 0 Å². The van der Waals surface area contributed by atoms with Gasteiger partial charge in [-0.15, -0.1) is 11.3 Å². The zero-order valence-corrected chi connectivity index (χ0v) is 17.0. The average molecular weight is 409 g/mol. The van der Waals surface area contributed by atoms with Crippen LogP contribution < -0.4 is 10.6 Å². The first kappa shape index (κ1) is 18.4. The van der Waals surface area contributed by atoms with Crippen LogP contribution in [0.2, 0.25) is 0 Å². The molecule has 2 aliphatic rings. The van der Waals surface area contributed by atoms with Crippen LogP contribution >= 0.6 is 11.3 Å². The number of fused-ring (bicyclic) bond motifs is 1. The molecule has 0 atom stereocenters. The first-order valence-corrected chi connectivity index (χ1v) is 11.2. The predicted octanol–water partition coefficient (Wildman–Crippen LogP) is 5.20. The van der Waals surface area contributed by atoms with Crippen LogP contribution in [0.1, 0.15) is 60.7 Å². The fourth-order valence-corrected chi connectivity index (χ4v) is 4.91. The van der Waals surface area contributed by atoms with E-state index in [1.807, 2.05) is 18.2 Å². The van der Waals surface area contributed by atoms with Gasteiger partial charge in [0.2, 0.25) is 11.9 Å². The molecule has 6 nitrogen and oxygen atoms in total. The summed E-state index contributed by atoms with van der Waals surface area (Å²) >= 11 is 1.30. The molecule has 1 aromatic carbocycles. The van der Waals surface area contributed by atoms with E-state index in [2.05, 4.69) is 21.3 Å². The highest BCUT2D eigenvalue weighted by atomic mass is 32.1. The van der Waals surface area contributed by atoms with Gasteiger partial charge in [0.05, 0.1) is 20.9 Å². The number of anilines is 2. The molecule has 150 valence electrons. The zero-order chi connectivity index (χ0) is 19.8. The molecule has 5 rings (SSSR count). The van der Waals surface area contributed by atoms with E-state index in [9.17, 15) is 9.59 Å². The fourth-order valence-electron chi connectivity index (χ4n) is 4.10. The van der Waals surface area contributed by atoms with Crippen molar-refractivity contribution in [2.75, 3.05) is 10.6 Å². The van der Waals surface area contributed by atoms with Gasteiger partial charge in [-0.3, -0.25) is 14.9 Å². The maximum atomic E-state index is 12.9. The van der Waals surface area contributed by atoms with Crippen LogP contribution in [-0.4, -0.2) is 21.4 Å². The number of carbonyl (C=O) groups excluding carboxylic acids is 2. The number of nitrogens with zero attached hydrogens (tertiary/aromatic N) is 2. The van der Waals surface area contributed by atoms with Crippen molar-refractivity contribution in [3.8, 4) is 0 Å². The van der Waals surface area contributed by atoms with Crippen molar-refractivity contribution in [1.29, 1.82) is 0 Å². The topological polar surface area (TPSA) is 76.0 Å². The lowest BCUT2D eigenvalue weighted by Gasteiger charge is -2.25. The quantitative estimate of drug-likeness (QED) is 0.609.